The van der Waals surface area contributed by atoms with E-state index in [-0.39, 0.29) is 6.79 Å². The van der Waals surface area contributed by atoms with E-state index < -0.39 is 0 Å². The van der Waals surface area contributed by atoms with Gasteiger partial charge < -0.3 is 20.1 Å². The first-order valence-corrected chi connectivity index (χ1v) is 11.8. The minimum Gasteiger partial charge on any atom is -0.467 e. The SMILES string of the molecule is S=C(Nc1ccc(Cl)c(Cl)c1)Nc1ccccc1SCc1cc(Cl)cc2c1OCOC2. The van der Waals surface area contributed by atoms with Crippen LogP contribution in [-0.2, 0) is 17.1 Å². The number of thioether (sulfide) groups is 1. The molecule has 4 rings (SSSR count). The summed E-state index contributed by atoms with van der Waals surface area (Å²) in [4.78, 5) is 1.04. The van der Waals surface area contributed by atoms with E-state index in [1.54, 1.807) is 23.9 Å². The summed E-state index contributed by atoms with van der Waals surface area (Å²) in [5, 5.41) is 8.45. The molecule has 0 aromatic heterocycles. The molecular weight excluding hydrogens is 495 g/mol. The topological polar surface area (TPSA) is 42.5 Å². The molecule has 0 saturated heterocycles. The zero-order valence-corrected chi connectivity index (χ0v) is 20.0. The van der Waals surface area contributed by atoms with E-state index in [1.807, 2.05) is 42.5 Å². The summed E-state index contributed by atoms with van der Waals surface area (Å²) in [6, 6.07) is 17.0. The minimum absolute atomic E-state index is 0.249. The number of para-hydroxylation sites is 1. The predicted molar refractivity (Wildman–Crippen MR) is 134 cm³/mol. The van der Waals surface area contributed by atoms with E-state index in [2.05, 4.69) is 10.6 Å². The molecule has 0 radical (unpaired) electrons. The van der Waals surface area contributed by atoms with E-state index in [4.69, 9.17) is 56.5 Å². The Morgan fingerprint density at radius 3 is 2.68 bits per heavy atom. The van der Waals surface area contributed by atoms with Crippen LogP contribution >= 0.6 is 58.8 Å². The number of nitrogens with one attached hydrogen (secondary N) is 2. The molecule has 0 saturated carbocycles. The quantitative estimate of drug-likeness (QED) is 0.271. The third-order valence-electron chi connectivity index (χ3n) is 4.45. The van der Waals surface area contributed by atoms with Crippen LogP contribution in [0.2, 0.25) is 15.1 Å². The van der Waals surface area contributed by atoms with Gasteiger partial charge in [-0.05, 0) is 54.7 Å². The molecular formula is C22H17Cl3N2O2S2. The second-order valence-electron chi connectivity index (χ2n) is 6.66. The van der Waals surface area contributed by atoms with Gasteiger partial charge in [0.1, 0.15) is 5.75 Å². The van der Waals surface area contributed by atoms with E-state index in [0.717, 1.165) is 33.1 Å². The highest BCUT2D eigenvalue weighted by atomic mass is 35.5. The van der Waals surface area contributed by atoms with Crippen molar-refractivity contribution in [3.63, 3.8) is 0 Å². The number of anilines is 2. The van der Waals surface area contributed by atoms with Gasteiger partial charge in [-0.25, -0.2) is 0 Å². The van der Waals surface area contributed by atoms with Crippen LogP contribution in [0.1, 0.15) is 11.1 Å². The van der Waals surface area contributed by atoms with Crippen molar-refractivity contribution < 1.29 is 9.47 Å². The lowest BCUT2D eigenvalue weighted by Crippen LogP contribution is -2.19. The lowest BCUT2D eigenvalue weighted by atomic mass is 10.1. The molecule has 0 bridgehead atoms. The van der Waals surface area contributed by atoms with Crippen molar-refractivity contribution >= 4 is 75.3 Å². The first kappa shape index (κ1) is 22.5. The largest absolute Gasteiger partial charge is 0.467 e. The Bertz CT molecular complexity index is 1130. The Morgan fingerprint density at radius 1 is 1.00 bits per heavy atom. The molecule has 9 heteroatoms. The van der Waals surface area contributed by atoms with E-state index in [9.17, 15) is 0 Å². The van der Waals surface area contributed by atoms with Crippen molar-refractivity contribution in [2.45, 2.75) is 17.3 Å². The number of ether oxygens (including phenoxy) is 2. The molecule has 0 unspecified atom stereocenters. The van der Waals surface area contributed by atoms with Crippen molar-refractivity contribution in [3.05, 3.63) is 80.8 Å². The molecule has 0 fully saturated rings. The highest BCUT2D eigenvalue weighted by Crippen LogP contribution is 2.37. The zero-order chi connectivity index (χ0) is 21.8. The monoisotopic (exact) mass is 510 g/mol. The lowest BCUT2D eigenvalue weighted by Gasteiger charge is -2.21. The van der Waals surface area contributed by atoms with Crippen molar-refractivity contribution in [2.24, 2.45) is 0 Å². The molecule has 0 atom stereocenters. The van der Waals surface area contributed by atoms with E-state index >= 15 is 0 Å². The van der Waals surface area contributed by atoms with Gasteiger partial charge in [-0.1, -0.05) is 46.9 Å². The fraction of sp³-hybridized carbons (Fsp3) is 0.136. The molecule has 4 nitrogen and oxygen atoms in total. The summed E-state index contributed by atoms with van der Waals surface area (Å²) in [6.07, 6.45) is 0. The maximum absolute atomic E-state index is 6.29. The highest BCUT2D eigenvalue weighted by molar-refractivity contribution is 7.98. The van der Waals surface area contributed by atoms with Gasteiger partial charge in [-0.2, -0.15) is 0 Å². The Balaban J connectivity index is 1.46. The van der Waals surface area contributed by atoms with Gasteiger partial charge in [-0.15, -0.1) is 11.8 Å². The van der Waals surface area contributed by atoms with Gasteiger partial charge in [-0.3, -0.25) is 0 Å². The first-order valence-electron chi connectivity index (χ1n) is 9.26. The van der Waals surface area contributed by atoms with Crippen LogP contribution in [0.3, 0.4) is 0 Å². The molecule has 0 amide bonds. The number of halogens is 3. The number of rotatable bonds is 5. The van der Waals surface area contributed by atoms with Gasteiger partial charge in [0, 0.05) is 32.5 Å². The number of benzene rings is 3. The maximum Gasteiger partial charge on any atom is 0.189 e. The van der Waals surface area contributed by atoms with E-state index in [0.29, 0.717) is 32.5 Å². The van der Waals surface area contributed by atoms with Crippen LogP contribution in [0.25, 0.3) is 0 Å². The molecule has 1 heterocycles. The molecule has 31 heavy (non-hydrogen) atoms. The predicted octanol–water partition coefficient (Wildman–Crippen LogP) is 7.61. The van der Waals surface area contributed by atoms with E-state index in [1.165, 1.54) is 0 Å². The molecule has 0 spiro atoms. The van der Waals surface area contributed by atoms with Crippen LogP contribution in [-0.4, -0.2) is 11.9 Å². The summed E-state index contributed by atoms with van der Waals surface area (Å²) in [6.45, 7) is 0.749. The second kappa shape index (κ2) is 10.3. The summed E-state index contributed by atoms with van der Waals surface area (Å²) < 4.78 is 11.1. The van der Waals surface area contributed by atoms with Gasteiger partial charge in [0.25, 0.3) is 0 Å². The third-order valence-corrected chi connectivity index (χ3v) is 6.73. The molecule has 160 valence electrons. The maximum atomic E-state index is 6.29. The van der Waals surface area contributed by atoms with Gasteiger partial charge in [0.05, 0.1) is 22.3 Å². The molecule has 3 aromatic carbocycles. The summed E-state index contributed by atoms with van der Waals surface area (Å²) in [5.74, 6) is 1.54. The van der Waals surface area contributed by atoms with Gasteiger partial charge in [0.15, 0.2) is 11.9 Å². The molecule has 1 aliphatic heterocycles. The molecule has 0 aliphatic carbocycles. The summed E-state index contributed by atoms with van der Waals surface area (Å²) >= 11 is 25.5. The average Bonchev–Trinajstić information content (AvgIpc) is 2.75. The van der Waals surface area contributed by atoms with Crippen LogP contribution in [0.4, 0.5) is 11.4 Å². The zero-order valence-electron chi connectivity index (χ0n) is 16.1. The first-order chi connectivity index (χ1) is 15.0. The standard InChI is InChI=1S/C22H17Cl3N2O2S2/c23-15-7-13-10-28-12-29-21(13)14(8-15)11-31-20-4-2-1-3-19(20)27-22(30)26-16-5-6-17(24)18(25)9-16/h1-9H,10-12H2,(H2,26,27,30). The summed E-state index contributed by atoms with van der Waals surface area (Å²) in [7, 11) is 0. The number of hydrogen-bond donors (Lipinski definition) is 2. The average molecular weight is 512 g/mol. The number of hydrogen-bond acceptors (Lipinski definition) is 4. The fourth-order valence-electron chi connectivity index (χ4n) is 3.07. The van der Waals surface area contributed by atoms with Crippen molar-refractivity contribution in [1.82, 2.24) is 0 Å². The van der Waals surface area contributed by atoms with Crippen molar-refractivity contribution in [3.8, 4) is 5.75 Å². The molecule has 2 N–H and O–H groups in total. The highest BCUT2D eigenvalue weighted by Gasteiger charge is 2.17. The van der Waals surface area contributed by atoms with Crippen LogP contribution in [0.15, 0.2) is 59.5 Å². The minimum atomic E-state index is 0.249. The van der Waals surface area contributed by atoms with Crippen LogP contribution < -0.4 is 15.4 Å². The Morgan fingerprint density at radius 2 is 1.84 bits per heavy atom. The second-order valence-corrected chi connectivity index (χ2v) is 9.33. The van der Waals surface area contributed by atoms with Crippen molar-refractivity contribution in [2.75, 3.05) is 17.4 Å². The molecule has 3 aromatic rings. The normalized spacial score (nSPS) is 12.6. The van der Waals surface area contributed by atoms with Crippen molar-refractivity contribution in [1.29, 1.82) is 0 Å². The van der Waals surface area contributed by atoms with Crippen LogP contribution in [0, 0.1) is 0 Å². The molecule has 1 aliphatic rings. The van der Waals surface area contributed by atoms with Gasteiger partial charge in [0.2, 0.25) is 0 Å². The Hall–Kier alpha value is -1.67. The number of thiocarbonyl (C=S) groups is 1. The van der Waals surface area contributed by atoms with Gasteiger partial charge >= 0.3 is 0 Å². The van der Waals surface area contributed by atoms with Crippen LogP contribution in [0.5, 0.6) is 5.75 Å². The lowest BCUT2D eigenvalue weighted by molar-refractivity contribution is -0.0168. The summed E-state index contributed by atoms with van der Waals surface area (Å²) in [5.41, 5.74) is 3.64. The smallest absolute Gasteiger partial charge is 0.189 e. The third kappa shape index (κ3) is 5.77. The Labute approximate surface area is 205 Å². The fourth-order valence-corrected chi connectivity index (χ4v) is 4.84. The number of fused-ring (bicyclic) bond motifs is 1. The Kier molecular flexibility index (Phi) is 7.48.